The van der Waals surface area contributed by atoms with Crippen LogP contribution in [0, 0.1) is 11.8 Å². The maximum atomic E-state index is 12.2. The molecule has 2 saturated heterocycles. The summed E-state index contributed by atoms with van der Waals surface area (Å²) in [4.78, 5) is 23.0. The summed E-state index contributed by atoms with van der Waals surface area (Å²) in [5.41, 5.74) is -0.361. The van der Waals surface area contributed by atoms with E-state index in [-0.39, 0.29) is 12.1 Å². The Balaban J connectivity index is 1.31. The number of nitrogens with zero attached hydrogens (tertiary/aromatic N) is 6. The van der Waals surface area contributed by atoms with Crippen LogP contribution in [0.1, 0.15) is 19.3 Å². The number of anilines is 3. The fourth-order valence-corrected chi connectivity index (χ4v) is 5.45. The number of halogens is 1. The molecule has 31 heavy (non-hydrogen) atoms. The molecule has 2 aromatic rings. The zero-order chi connectivity index (χ0) is 21.6. The number of nitrogens with one attached hydrogen (secondary N) is 1. The standard InChI is InChI=1S/C20H26ClN7O2S/c1-31(30)16-7-24-19(25-17(16)26-20(12-29)3-2-4-20)28-10-13-8-27(9-14(13)11-28)18-22-5-15(21)6-23-18/h5-7,13-14,29H,2-4,8-12H2,1H3,(H,24,25,26)/t13?,14?,31-/m0/s1. The Morgan fingerprint density at radius 2 is 1.68 bits per heavy atom. The average molecular weight is 464 g/mol. The van der Waals surface area contributed by atoms with Crippen LogP contribution in [0.3, 0.4) is 0 Å². The van der Waals surface area contributed by atoms with Crippen LogP contribution in [0.2, 0.25) is 5.02 Å². The van der Waals surface area contributed by atoms with Gasteiger partial charge in [-0.15, -0.1) is 0 Å². The van der Waals surface area contributed by atoms with Gasteiger partial charge in [0.25, 0.3) is 0 Å². The van der Waals surface area contributed by atoms with Crippen LogP contribution in [-0.2, 0) is 10.8 Å². The van der Waals surface area contributed by atoms with E-state index < -0.39 is 10.8 Å². The second-order valence-electron chi connectivity index (χ2n) is 8.79. The summed E-state index contributed by atoms with van der Waals surface area (Å²) in [7, 11) is -1.21. The summed E-state index contributed by atoms with van der Waals surface area (Å²) in [5, 5.41) is 13.8. The van der Waals surface area contributed by atoms with E-state index in [0.717, 1.165) is 51.4 Å². The van der Waals surface area contributed by atoms with E-state index >= 15 is 0 Å². The van der Waals surface area contributed by atoms with Gasteiger partial charge in [0.2, 0.25) is 11.9 Å². The normalized spacial score (nSPS) is 25.3. The van der Waals surface area contributed by atoms with Gasteiger partial charge in [0.05, 0.1) is 51.5 Å². The van der Waals surface area contributed by atoms with Gasteiger partial charge in [0.1, 0.15) is 5.82 Å². The third kappa shape index (κ3) is 3.96. The smallest absolute Gasteiger partial charge is 0.227 e. The van der Waals surface area contributed by atoms with Crippen LogP contribution >= 0.6 is 11.6 Å². The first-order chi connectivity index (χ1) is 15.0. The maximum absolute atomic E-state index is 12.2. The molecule has 0 radical (unpaired) electrons. The first kappa shape index (κ1) is 20.8. The van der Waals surface area contributed by atoms with Crippen molar-refractivity contribution in [3.63, 3.8) is 0 Å². The molecule has 1 aliphatic carbocycles. The second kappa shape index (κ2) is 8.14. The molecule has 0 amide bonds. The molecular weight excluding hydrogens is 438 g/mol. The van der Waals surface area contributed by atoms with Crippen molar-refractivity contribution in [1.29, 1.82) is 0 Å². The Labute approximate surface area is 188 Å². The van der Waals surface area contributed by atoms with Gasteiger partial charge in [-0.05, 0) is 19.3 Å². The Morgan fingerprint density at radius 1 is 1.10 bits per heavy atom. The summed E-state index contributed by atoms with van der Waals surface area (Å²) < 4.78 is 12.2. The predicted octanol–water partition coefficient (Wildman–Crippen LogP) is 1.56. The molecule has 3 fully saturated rings. The summed E-state index contributed by atoms with van der Waals surface area (Å²) >= 11 is 5.90. The van der Waals surface area contributed by atoms with Gasteiger partial charge < -0.3 is 20.2 Å². The van der Waals surface area contributed by atoms with Gasteiger partial charge in [-0.2, -0.15) is 4.98 Å². The largest absolute Gasteiger partial charge is 0.394 e. The van der Waals surface area contributed by atoms with Gasteiger partial charge in [0, 0.05) is 44.3 Å². The van der Waals surface area contributed by atoms with Crippen LogP contribution in [0.5, 0.6) is 0 Å². The highest BCUT2D eigenvalue weighted by Gasteiger charge is 2.42. The molecule has 4 heterocycles. The number of rotatable bonds is 6. The minimum atomic E-state index is -1.21. The molecule has 166 valence electrons. The Morgan fingerprint density at radius 3 is 2.19 bits per heavy atom. The summed E-state index contributed by atoms with van der Waals surface area (Å²) in [6, 6.07) is 0. The quantitative estimate of drug-likeness (QED) is 0.659. The Bertz CT molecular complexity index is 968. The van der Waals surface area contributed by atoms with Crippen molar-refractivity contribution in [3.8, 4) is 0 Å². The third-order valence-electron chi connectivity index (χ3n) is 6.71. The highest BCUT2D eigenvalue weighted by atomic mass is 35.5. The lowest BCUT2D eigenvalue weighted by atomic mass is 9.77. The van der Waals surface area contributed by atoms with Crippen molar-refractivity contribution < 1.29 is 9.32 Å². The van der Waals surface area contributed by atoms with Crippen molar-refractivity contribution in [2.24, 2.45) is 11.8 Å². The zero-order valence-corrected chi connectivity index (χ0v) is 18.9. The lowest BCUT2D eigenvalue weighted by molar-refractivity contribution is 0.143. The Kier molecular flexibility index (Phi) is 5.47. The van der Waals surface area contributed by atoms with Crippen molar-refractivity contribution >= 4 is 40.1 Å². The van der Waals surface area contributed by atoms with Crippen LogP contribution in [0.25, 0.3) is 0 Å². The molecular formula is C20H26ClN7O2S. The predicted molar refractivity (Wildman–Crippen MR) is 120 cm³/mol. The van der Waals surface area contributed by atoms with E-state index in [2.05, 4.69) is 30.1 Å². The van der Waals surface area contributed by atoms with Gasteiger partial charge in [-0.3, -0.25) is 4.21 Å². The van der Waals surface area contributed by atoms with E-state index in [4.69, 9.17) is 16.6 Å². The first-order valence-electron chi connectivity index (χ1n) is 10.5. The SMILES string of the molecule is C[S@](=O)c1cnc(N2CC3CN(c4ncc(Cl)cn4)CC3C2)nc1NC1(CO)CCC1. The number of aromatic nitrogens is 4. The molecule has 2 aromatic heterocycles. The molecule has 9 nitrogen and oxygen atoms in total. The number of hydrogen-bond donors (Lipinski definition) is 2. The van der Waals surface area contributed by atoms with Crippen LogP contribution < -0.4 is 15.1 Å². The minimum Gasteiger partial charge on any atom is -0.394 e. The summed E-state index contributed by atoms with van der Waals surface area (Å²) in [5.74, 6) is 2.91. The molecule has 1 saturated carbocycles. The summed E-state index contributed by atoms with van der Waals surface area (Å²) in [6.45, 7) is 3.53. The molecule has 2 unspecified atom stereocenters. The number of aliphatic hydroxyl groups is 1. The molecule has 2 aliphatic heterocycles. The second-order valence-corrected chi connectivity index (χ2v) is 10.6. The zero-order valence-electron chi connectivity index (χ0n) is 17.4. The van der Waals surface area contributed by atoms with Crippen LogP contribution in [0.4, 0.5) is 17.7 Å². The van der Waals surface area contributed by atoms with E-state index in [9.17, 15) is 9.32 Å². The van der Waals surface area contributed by atoms with Gasteiger partial charge in [-0.25, -0.2) is 15.0 Å². The van der Waals surface area contributed by atoms with Crippen LogP contribution in [-0.4, -0.2) is 73.8 Å². The van der Waals surface area contributed by atoms with E-state index in [1.54, 1.807) is 24.8 Å². The number of aliphatic hydroxyl groups excluding tert-OH is 1. The molecule has 11 heteroatoms. The van der Waals surface area contributed by atoms with Crippen molar-refractivity contribution in [3.05, 3.63) is 23.6 Å². The van der Waals surface area contributed by atoms with Crippen LogP contribution in [0.15, 0.2) is 23.5 Å². The number of fused-ring (bicyclic) bond motifs is 1. The maximum Gasteiger partial charge on any atom is 0.227 e. The third-order valence-corrected chi connectivity index (χ3v) is 7.82. The van der Waals surface area contributed by atoms with Crippen molar-refractivity contribution in [1.82, 2.24) is 19.9 Å². The molecule has 2 N–H and O–H groups in total. The molecule has 0 bridgehead atoms. The van der Waals surface area contributed by atoms with Crippen molar-refractivity contribution in [2.45, 2.75) is 29.7 Å². The fourth-order valence-electron chi connectivity index (χ4n) is 4.78. The molecule has 3 aliphatic rings. The van der Waals surface area contributed by atoms with E-state index in [0.29, 0.717) is 33.5 Å². The van der Waals surface area contributed by atoms with Gasteiger partial charge in [-0.1, -0.05) is 11.6 Å². The van der Waals surface area contributed by atoms with E-state index in [1.165, 1.54) is 0 Å². The average Bonchev–Trinajstić information content (AvgIpc) is 3.30. The molecule has 0 aromatic carbocycles. The fraction of sp³-hybridized carbons (Fsp3) is 0.600. The van der Waals surface area contributed by atoms with E-state index in [1.807, 2.05) is 0 Å². The topological polar surface area (TPSA) is 107 Å². The lowest BCUT2D eigenvalue weighted by Gasteiger charge is -2.41. The monoisotopic (exact) mass is 463 g/mol. The molecule has 3 atom stereocenters. The Hall–Kier alpha value is -2.04. The highest BCUT2D eigenvalue weighted by molar-refractivity contribution is 7.84. The first-order valence-corrected chi connectivity index (χ1v) is 12.5. The highest BCUT2D eigenvalue weighted by Crippen LogP contribution is 2.37. The summed E-state index contributed by atoms with van der Waals surface area (Å²) in [6.07, 6.45) is 9.39. The van der Waals surface area contributed by atoms with Gasteiger partial charge in [0.15, 0.2) is 0 Å². The molecule has 0 spiro atoms. The molecule has 5 rings (SSSR count). The number of hydrogen-bond acceptors (Lipinski definition) is 9. The minimum absolute atomic E-state index is 0.0403. The van der Waals surface area contributed by atoms with Gasteiger partial charge >= 0.3 is 0 Å². The lowest BCUT2D eigenvalue weighted by Crippen LogP contribution is -2.48. The van der Waals surface area contributed by atoms with Crippen molar-refractivity contribution in [2.75, 3.05) is 54.2 Å².